The summed E-state index contributed by atoms with van der Waals surface area (Å²) in [6, 6.07) is 11.2. The molecule has 88 valence electrons. The van der Waals surface area contributed by atoms with Crippen LogP contribution in [0.15, 0.2) is 53.7 Å². The number of rotatable bonds is 4. The molecule has 0 aliphatic carbocycles. The van der Waals surface area contributed by atoms with E-state index in [-0.39, 0.29) is 0 Å². The number of aliphatic hydroxyl groups excluding tert-OH is 1. The van der Waals surface area contributed by atoms with E-state index in [4.69, 9.17) is 5.73 Å². The molecule has 2 aromatic rings. The minimum atomic E-state index is -0.478. The lowest BCUT2D eigenvalue weighted by Gasteiger charge is -2.10. The normalized spacial score (nSPS) is 12.3. The molecule has 1 atom stereocenters. The fourth-order valence-corrected chi connectivity index (χ4v) is 2.28. The van der Waals surface area contributed by atoms with Crippen molar-refractivity contribution in [3.63, 3.8) is 0 Å². The van der Waals surface area contributed by atoms with Gasteiger partial charge in [-0.2, -0.15) is 0 Å². The van der Waals surface area contributed by atoms with Gasteiger partial charge in [0, 0.05) is 28.7 Å². The Morgan fingerprint density at radius 1 is 1.12 bits per heavy atom. The van der Waals surface area contributed by atoms with E-state index in [9.17, 15) is 5.11 Å². The van der Waals surface area contributed by atoms with Crippen molar-refractivity contribution >= 4 is 17.4 Å². The number of hydrogen-bond donors (Lipinski definition) is 2. The molecule has 1 aromatic heterocycles. The first-order valence-corrected chi connectivity index (χ1v) is 6.30. The van der Waals surface area contributed by atoms with Gasteiger partial charge in [0.2, 0.25) is 0 Å². The monoisotopic (exact) mass is 246 g/mol. The number of pyridine rings is 1. The predicted octanol–water partition coefficient (Wildman–Crippen LogP) is 2.49. The van der Waals surface area contributed by atoms with Gasteiger partial charge in [-0.15, -0.1) is 11.8 Å². The number of aromatic nitrogens is 1. The molecule has 1 unspecified atom stereocenters. The summed E-state index contributed by atoms with van der Waals surface area (Å²) in [4.78, 5) is 5.06. The summed E-state index contributed by atoms with van der Waals surface area (Å²) in [7, 11) is 0. The third-order valence-electron chi connectivity index (χ3n) is 2.38. The van der Waals surface area contributed by atoms with E-state index < -0.39 is 6.10 Å². The average Bonchev–Trinajstić information content (AvgIpc) is 2.38. The molecule has 0 spiro atoms. The lowest BCUT2D eigenvalue weighted by molar-refractivity contribution is 0.204. The maximum absolute atomic E-state index is 10.00. The molecule has 2 rings (SSSR count). The minimum Gasteiger partial charge on any atom is -0.399 e. The summed E-state index contributed by atoms with van der Waals surface area (Å²) in [5.41, 5.74) is 7.20. The number of thioether (sulfide) groups is 1. The van der Waals surface area contributed by atoms with Crippen LogP contribution in [0.25, 0.3) is 0 Å². The van der Waals surface area contributed by atoms with Crippen LogP contribution in [-0.4, -0.2) is 15.8 Å². The van der Waals surface area contributed by atoms with Crippen LogP contribution in [0, 0.1) is 0 Å². The molecule has 17 heavy (non-hydrogen) atoms. The van der Waals surface area contributed by atoms with Gasteiger partial charge in [0.25, 0.3) is 0 Å². The number of anilines is 1. The molecule has 0 radical (unpaired) electrons. The molecular weight excluding hydrogens is 232 g/mol. The molecule has 0 amide bonds. The van der Waals surface area contributed by atoms with E-state index in [1.165, 1.54) is 0 Å². The van der Waals surface area contributed by atoms with Crippen LogP contribution in [0.2, 0.25) is 0 Å². The standard InChI is InChI=1S/C13H14N2OS/c14-11-3-1-10(2-4-11)13(16)9-17-12-5-7-15-8-6-12/h1-8,13,16H,9,14H2. The Kier molecular flexibility index (Phi) is 4.01. The van der Waals surface area contributed by atoms with Crippen molar-refractivity contribution in [1.29, 1.82) is 0 Å². The van der Waals surface area contributed by atoms with Crippen LogP contribution < -0.4 is 5.73 Å². The second kappa shape index (κ2) is 5.70. The van der Waals surface area contributed by atoms with Crippen molar-refractivity contribution in [2.75, 3.05) is 11.5 Å². The van der Waals surface area contributed by atoms with Crippen LogP contribution in [0.4, 0.5) is 5.69 Å². The maximum Gasteiger partial charge on any atom is 0.0883 e. The lowest BCUT2D eigenvalue weighted by atomic mass is 10.1. The molecule has 0 saturated heterocycles. The van der Waals surface area contributed by atoms with Crippen molar-refractivity contribution in [1.82, 2.24) is 4.98 Å². The van der Waals surface area contributed by atoms with Crippen LogP contribution >= 0.6 is 11.8 Å². The largest absolute Gasteiger partial charge is 0.399 e. The van der Waals surface area contributed by atoms with E-state index in [0.29, 0.717) is 11.4 Å². The van der Waals surface area contributed by atoms with E-state index in [0.717, 1.165) is 10.5 Å². The first-order valence-electron chi connectivity index (χ1n) is 5.32. The SMILES string of the molecule is Nc1ccc(C(O)CSc2ccncc2)cc1. The summed E-state index contributed by atoms with van der Waals surface area (Å²) in [6.07, 6.45) is 3.02. The van der Waals surface area contributed by atoms with Gasteiger partial charge in [-0.05, 0) is 29.8 Å². The van der Waals surface area contributed by atoms with Crippen LogP contribution in [0.3, 0.4) is 0 Å². The van der Waals surface area contributed by atoms with Gasteiger partial charge in [-0.3, -0.25) is 4.98 Å². The summed E-state index contributed by atoms with van der Waals surface area (Å²) >= 11 is 1.61. The van der Waals surface area contributed by atoms with Crippen LogP contribution in [0.5, 0.6) is 0 Å². The molecule has 0 saturated carbocycles. The topological polar surface area (TPSA) is 59.1 Å². The Morgan fingerprint density at radius 3 is 2.41 bits per heavy atom. The third kappa shape index (κ3) is 3.47. The van der Waals surface area contributed by atoms with Crippen molar-refractivity contribution in [2.24, 2.45) is 0 Å². The highest BCUT2D eigenvalue weighted by Crippen LogP contribution is 2.24. The Labute approximate surface area is 105 Å². The van der Waals surface area contributed by atoms with Crippen molar-refractivity contribution in [3.8, 4) is 0 Å². The van der Waals surface area contributed by atoms with Gasteiger partial charge in [-0.1, -0.05) is 12.1 Å². The van der Waals surface area contributed by atoms with Crippen molar-refractivity contribution in [3.05, 3.63) is 54.4 Å². The van der Waals surface area contributed by atoms with E-state index in [1.807, 2.05) is 24.3 Å². The Morgan fingerprint density at radius 2 is 1.76 bits per heavy atom. The van der Waals surface area contributed by atoms with Gasteiger partial charge in [0.1, 0.15) is 0 Å². The second-order valence-corrected chi connectivity index (χ2v) is 4.77. The van der Waals surface area contributed by atoms with Gasteiger partial charge in [0.05, 0.1) is 6.10 Å². The van der Waals surface area contributed by atoms with E-state index in [1.54, 1.807) is 36.3 Å². The second-order valence-electron chi connectivity index (χ2n) is 3.68. The summed E-state index contributed by atoms with van der Waals surface area (Å²) < 4.78 is 0. The maximum atomic E-state index is 10.00. The lowest BCUT2D eigenvalue weighted by Crippen LogP contribution is -2.00. The molecule has 1 aromatic carbocycles. The van der Waals surface area contributed by atoms with E-state index >= 15 is 0 Å². The highest BCUT2D eigenvalue weighted by molar-refractivity contribution is 7.99. The van der Waals surface area contributed by atoms with Crippen LogP contribution in [-0.2, 0) is 0 Å². The number of nitrogen functional groups attached to an aromatic ring is 1. The van der Waals surface area contributed by atoms with Crippen LogP contribution in [0.1, 0.15) is 11.7 Å². The average molecular weight is 246 g/mol. The molecular formula is C13H14N2OS. The highest BCUT2D eigenvalue weighted by atomic mass is 32.2. The quantitative estimate of drug-likeness (QED) is 0.643. The molecule has 1 heterocycles. The summed E-state index contributed by atoms with van der Waals surface area (Å²) in [5.74, 6) is 0.619. The molecule has 3 nitrogen and oxygen atoms in total. The third-order valence-corrected chi connectivity index (χ3v) is 3.47. The van der Waals surface area contributed by atoms with E-state index in [2.05, 4.69) is 4.98 Å². The smallest absolute Gasteiger partial charge is 0.0883 e. The molecule has 0 aliphatic heterocycles. The fourth-order valence-electron chi connectivity index (χ4n) is 1.42. The predicted molar refractivity (Wildman–Crippen MR) is 70.8 cm³/mol. The number of hydrogen-bond acceptors (Lipinski definition) is 4. The Hall–Kier alpha value is -1.52. The summed E-state index contributed by atoms with van der Waals surface area (Å²) in [5, 5.41) is 10.00. The number of nitrogens with zero attached hydrogens (tertiary/aromatic N) is 1. The Bertz CT molecular complexity index is 459. The molecule has 0 bridgehead atoms. The van der Waals surface area contributed by atoms with Crippen molar-refractivity contribution < 1.29 is 5.11 Å². The zero-order valence-electron chi connectivity index (χ0n) is 9.28. The number of benzene rings is 1. The Balaban J connectivity index is 1.93. The van der Waals surface area contributed by atoms with Crippen molar-refractivity contribution in [2.45, 2.75) is 11.0 Å². The molecule has 3 N–H and O–H groups in total. The summed E-state index contributed by atoms with van der Waals surface area (Å²) in [6.45, 7) is 0. The number of aliphatic hydroxyl groups is 1. The molecule has 0 aliphatic rings. The van der Waals surface area contributed by atoms with Gasteiger partial charge in [-0.25, -0.2) is 0 Å². The zero-order chi connectivity index (χ0) is 12.1. The minimum absolute atomic E-state index is 0.478. The molecule has 4 heteroatoms. The van der Waals surface area contributed by atoms with Gasteiger partial charge < -0.3 is 10.8 Å². The highest BCUT2D eigenvalue weighted by Gasteiger charge is 2.07. The number of nitrogens with two attached hydrogens (primary N) is 1. The first-order chi connectivity index (χ1) is 8.25. The first kappa shape index (κ1) is 12.0. The zero-order valence-corrected chi connectivity index (χ0v) is 10.1. The van der Waals surface area contributed by atoms with Gasteiger partial charge >= 0.3 is 0 Å². The fraction of sp³-hybridized carbons (Fsp3) is 0.154. The van der Waals surface area contributed by atoms with Gasteiger partial charge in [0.15, 0.2) is 0 Å². The molecule has 0 fully saturated rings.